The van der Waals surface area contributed by atoms with Crippen LogP contribution in [0.3, 0.4) is 0 Å². The molecular formula is C22H23N9O2. The van der Waals surface area contributed by atoms with Crippen molar-refractivity contribution < 1.29 is 9.53 Å². The summed E-state index contributed by atoms with van der Waals surface area (Å²) in [6, 6.07) is 3.84. The molecule has 2 aliphatic heterocycles. The van der Waals surface area contributed by atoms with E-state index in [4.69, 9.17) is 11.3 Å². The number of hydrogen-bond donors (Lipinski definition) is 0. The molecule has 2 saturated heterocycles. The predicted molar refractivity (Wildman–Crippen MR) is 117 cm³/mol. The number of morpholine rings is 1. The maximum atomic E-state index is 12.9. The lowest BCUT2D eigenvalue weighted by Gasteiger charge is -2.46. The molecule has 0 radical (unpaired) electrons. The first kappa shape index (κ1) is 21.1. The topological polar surface area (TPSA) is 107 Å². The van der Waals surface area contributed by atoms with Gasteiger partial charge in [-0.25, -0.2) is 9.83 Å². The Labute approximate surface area is 190 Å². The van der Waals surface area contributed by atoms with Crippen LogP contribution in [0, 0.1) is 13.5 Å². The van der Waals surface area contributed by atoms with Crippen molar-refractivity contribution in [3.63, 3.8) is 0 Å². The number of pyridine rings is 2. The lowest BCUT2D eigenvalue weighted by atomic mass is 10.0. The van der Waals surface area contributed by atoms with Crippen LogP contribution in [0.25, 0.3) is 10.7 Å². The summed E-state index contributed by atoms with van der Waals surface area (Å²) in [7, 11) is 0. The average Bonchev–Trinajstić information content (AvgIpc) is 3.39. The fraction of sp³-hybridized carbons (Fsp3) is 0.409. The number of amides is 1. The number of hydrogen-bond acceptors (Lipinski definition) is 8. The number of piperazine rings is 1. The van der Waals surface area contributed by atoms with Crippen LogP contribution in [-0.4, -0.2) is 84.7 Å². The Bertz CT molecular complexity index is 1170. The van der Waals surface area contributed by atoms with Crippen LogP contribution >= 0.6 is 0 Å². The second-order valence-electron chi connectivity index (χ2n) is 8.25. The normalized spacial score (nSPS) is 20.8. The SMILES string of the molecule is [C-]#[N+]c1cncc([C@@H]2CN3CCN(C(=O)Cc4ccc(-n5cnnn5)nc4)C[C@H]3CO2)c1C. The Kier molecular flexibility index (Phi) is 5.77. The molecule has 2 fully saturated rings. The summed E-state index contributed by atoms with van der Waals surface area (Å²) in [5, 5.41) is 11.0. The molecule has 0 bridgehead atoms. The van der Waals surface area contributed by atoms with Crippen molar-refractivity contribution in [2.24, 2.45) is 0 Å². The van der Waals surface area contributed by atoms with E-state index in [0.29, 0.717) is 37.6 Å². The lowest BCUT2D eigenvalue weighted by Crippen LogP contribution is -2.59. The first-order valence-electron chi connectivity index (χ1n) is 10.8. The molecule has 5 rings (SSSR count). The largest absolute Gasteiger partial charge is 0.370 e. The predicted octanol–water partition coefficient (Wildman–Crippen LogP) is 1.14. The van der Waals surface area contributed by atoms with Gasteiger partial charge in [-0.05, 0) is 40.1 Å². The summed E-state index contributed by atoms with van der Waals surface area (Å²) in [4.78, 5) is 29.3. The number of rotatable bonds is 4. The molecule has 0 N–H and O–H groups in total. The Morgan fingerprint density at radius 1 is 1.24 bits per heavy atom. The molecule has 11 heteroatoms. The minimum absolute atomic E-state index is 0.0820. The van der Waals surface area contributed by atoms with Crippen molar-refractivity contribution in [1.82, 2.24) is 40.0 Å². The summed E-state index contributed by atoms with van der Waals surface area (Å²) < 4.78 is 7.63. The molecule has 3 aromatic heterocycles. The van der Waals surface area contributed by atoms with Gasteiger partial charge in [0.2, 0.25) is 11.6 Å². The number of carbonyl (C=O) groups is 1. The number of carbonyl (C=O) groups excluding carboxylic acids is 1. The molecule has 0 aliphatic carbocycles. The summed E-state index contributed by atoms with van der Waals surface area (Å²) >= 11 is 0. The molecule has 2 atom stereocenters. The van der Waals surface area contributed by atoms with Gasteiger partial charge in [0.15, 0.2) is 5.82 Å². The second kappa shape index (κ2) is 9.01. The molecule has 5 heterocycles. The molecule has 0 unspecified atom stereocenters. The molecule has 0 saturated carbocycles. The van der Waals surface area contributed by atoms with Crippen LogP contribution < -0.4 is 0 Å². The number of aromatic nitrogens is 6. The van der Waals surface area contributed by atoms with Crippen molar-refractivity contribution in [2.45, 2.75) is 25.5 Å². The van der Waals surface area contributed by atoms with Crippen LogP contribution in [-0.2, 0) is 16.0 Å². The van der Waals surface area contributed by atoms with E-state index in [9.17, 15) is 4.79 Å². The van der Waals surface area contributed by atoms with E-state index < -0.39 is 0 Å². The minimum Gasteiger partial charge on any atom is -0.370 e. The summed E-state index contributed by atoms with van der Waals surface area (Å²) in [6.45, 7) is 12.6. The van der Waals surface area contributed by atoms with Gasteiger partial charge >= 0.3 is 0 Å². The highest BCUT2D eigenvalue weighted by Crippen LogP contribution is 2.31. The highest BCUT2D eigenvalue weighted by molar-refractivity contribution is 5.79. The molecule has 0 aromatic carbocycles. The van der Waals surface area contributed by atoms with Gasteiger partial charge in [0.25, 0.3) is 0 Å². The second-order valence-corrected chi connectivity index (χ2v) is 8.25. The smallest absolute Gasteiger partial charge is 0.227 e. The highest BCUT2D eigenvalue weighted by atomic mass is 16.5. The number of nitrogens with zero attached hydrogens (tertiary/aromatic N) is 9. The van der Waals surface area contributed by atoms with Gasteiger partial charge in [-0.2, -0.15) is 4.68 Å². The first-order valence-corrected chi connectivity index (χ1v) is 10.8. The third kappa shape index (κ3) is 4.30. The van der Waals surface area contributed by atoms with E-state index in [2.05, 4.69) is 35.2 Å². The monoisotopic (exact) mass is 445 g/mol. The molecule has 168 valence electrons. The summed E-state index contributed by atoms with van der Waals surface area (Å²) in [6.07, 6.45) is 6.75. The van der Waals surface area contributed by atoms with E-state index in [1.807, 2.05) is 17.9 Å². The van der Waals surface area contributed by atoms with Crippen LogP contribution in [0.5, 0.6) is 0 Å². The fourth-order valence-electron chi connectivity index (χ4n) is 4.38. The van der Waals surface area contributed by atoms with Gasteiger partial charge in [0, 0.05) is 44.8 Å². The van der Waals surface area contributed by atoms with E-state index in [1.165, 1.54) is 11.0 Å². The van der Waals surface area contributed by atoms with Gasteiger partial charge < -0.3 is 9.64 Å². The molecule has 2 aliphatic rings. The quantitative estimate of drug-likeness (QED) is 0.551. The van der Waals surface area contributed by atoms with Gasteiger partial charge in [0.05, 0.1) is 31.7 Å². The maximum absolute atomic E-state index is 12.9. The Morgan fingerprint density at radius 3 is 2.91 bits per heavy atom. The van der Waals surface area contributed by atoms with Gasteiger partial charge in [-0.3, -0.25) is 14.7 Å². The van der Waals surface area contributed by atoms with Crippen molar-refractivity contribution in [3.8, 4) is 5.82 Å². The van der Waals surface area contributed by atoms with Crippen LogP contribution in [0.4, 0.5) is 5.69 Å². The number of fused-ring (bicyclic) bond motifs is 1. The Morgan fingerprint density at radius 2 is 2.15 bits per heavy atom. The van der Waals surface area contributed by atoms with Crippen molar-refractivity contribution in [1.29, 1.82) is 0 Å². The third-order valence-corrected chi connectivity index (χ3v) is 6.29. The van der Waals surface area contributed by atoms with E-state index in [0.717, 1.165) is 29.8 Å². The number of tetrazole rings is 1. The first-order chi connectivity index (χ1) is 16.1. The van der Waals surface area contributed by atoms with Crippen LogP contribution in [0.2, 0.25) is 0 Å². The van der Waals surface area contributed by atoms with Gasteiger partial charge in [-0.15, -0.1) is 5.10 Å². The van der Waals surface area contributed by atoms with Crippen molar-refractivity contribution >= 4 is 11.6 Å². The lowest BCUT2D eigenvalue weighted by molar-refractivity contribution is -0.139. The zero-order chi connectivity index (χ0) is 22.8. The summed E-state index contributed by atoms with van der Waals surface area (Å²) in [5.74, 6) is 0.685. The molecule has 1 amide bonds. The van der Waals surface area contributed by atoms with Gasteiger partial charge in [-0.1, -0.05) is 6.07 Å². The van der Waals surface area contributed by atoms with E-state index in [-0.39, 0.29) is 18.1 Å². The fourth-order valence-corrected chi connectivity index (χ4v) is 4.38. The standard InChI is InChI=1S/C22H23N9O2/c1-15-18(9-24-10-19(15)23-2)20-12-29-5-6-30(11-17(29)13-33-20)22(32)7-16-3-4-21(25-8-16)31-14-26-27-28-31/h3-4,8-10,14,17,20H,5-7,11-13H2,1H3/t17-,20-/m0/s1. The third-order valence-electron chi connectivity index (χ3n) is 6.29. The number of ether oxygens (including phenoxy) is 1. The summed E-state index contributed by atoms with van der Waals surface area (Å²) in [5.41, 5.74) is 3.31. The molecular weight excluding hydrogens is 422 g/mol. The maximum Gasteiger partial charge on any atom is 0.227 e. The molecule has 11 nitrogen and oxygen atoms in total. The highest BCUT2D eigenvalue weighted by Gasteiger charge is 2.36. The van der Waals surface area contributed by atoms with E-state index >= 15 is 0 Å². The average molecular weight is 445 g/mol. The molecule has 3 aromatic rings. The van der Waals surface area contributed by atoms with Crippen molar-refractivity contribution in [2.75, 3.05) is 32.8 Å². The molecule has 33 heavy (non-hydrogen) atoms. The Hall–Kier alpha value is -3.75. The van der Waals surface area contributed by atoms with E-state index in [1.54, 1.807) is 24.7 Å². The Balaban J connectivity index is 1.18. The minimum atomic E-state index is -0.109. The van der Waals surface area contributed by atoms with Crippen molar-refractivity contribution in [3.05, 3.63) is 65.2 Å². The zero-order valence-corrected chi connectivity index (χ0v) is 18.2. The molecule has 0 spiro atoms. The zero-order valence-electron chi connectivity index (χ0n) is 18.2. The van der Waals surface area contributed by atoms with Crippen LogP contribution in [0.1, 0.15) is 22.8 Å². The van der Waals surface area contributed by atoms with Crippen LogP contribution in [0.15, 0.2) is 37.1 Å². The van der Waals surface area contributed by atoms with Gasteiger partial charge in [0.1, 0.15) is 6.33 Å².